The molecule has 1 aromatic carbocycles. The van der Waals surface area contributed by atoms with Crippen LogP contribution in [-0.4, -0.2) is 35.7 Å². The average Bonchev–Trinajstić information content (AvgIpc) is 2.83. The van der Waals surface area contributed by atoms with Gasteiger partial charge in [-0.3, -0.25) is 19.3 Å². The van der Waals surface area contributed by atoms with Crippen LogP contribution in [0.4, 0.5) is 0 Å². The van der Waals surface area contributed by atoms with Crippen molar-refractivity contribution in [1.29, 1.82) is 0 Å². The molecule has 1 saturated heterocycles. The molecule has 0 bridgehead atoms. The predicted molar refractivity (Wildman–Crippen MR) is 88.8 cm³/mol. The van der Waals surface area contributed by atoms with Crippen molar-refractivity contribution in [2.24, 2.45) is 5.73 Å². The number of likely N-dealkylation sites (tertiary alicyclic amines) is 1. The minimum absolute atomic E-state index is 0. The normalized spacial score (nSPS) is 15.3. The van der Waals surface area contributed by atoms with E-state index in [2.05, 4.69) is 5.32 Å². The first-order valence-electron chi connectivity index (χ1n) is 7.48. The number of amides is 3. The van der Waals surface area contributed by atoms with Crippen LogP contribution < -0.4 is 11.1 Å². The summed E-state index contributed by atoms with van der Waals surface area (Å²) in [6, 6.07) is 9.12. The van der Waals surface area contributed by atoms with E-state index in [1.165, 1.54) is 4.90 Å². The first-order valence-corrected chi connectivity index (χ1v) is 7.48. The third kappa shape index (κ3) is 5.65. The number of rotatable bonds is 7. The monoisotopic (exact) mass is 339 g/mol. The molecule has 2 rings (SSSR count). The maximum Gasteiger partial charge on any atom is 0.229 e. The molecule has 0 radical (unpaired) electrons. The lowest BCUT2D eigenvalue weighted by atomic mass is 10.0. The lowest BCUT2D eigenvalue weighted by molar-refractivity contribution is -0.138. The Hall–Kier alpha value is -1.92. The van der Waals surface area contributed by atoms with Gasteiger partial charge in [0.25, 0.3) is 0 Å². The molecule has 0 spiro atoms. The Kier molecular flexibility index (Phi) is 7.71. The van der Waals surface area contributed by atoms with E-state index in [9.17, 15) is 14.4 Å². The first kappa shape index (κ1) is 19.1. The van der Waals surface area contributed by atoms with Gasteiger partial charge in [0.1, 0.15) is 0 Å². The van der Waals surface area contributed by atoms with Gasteiger partial charge in [-0.25, -0.2) is 0 Å². The molecule has 1 aromatic rings. The van der Waals surface area contributed by atoms with Crippen molar-refractivity contribution in [2.75, 3.05) is 13.1 Å². The molecule has 1 atom stereocenters. The Morgan fingerprint density at radius 1 is 1.17 bits per heavy atom. The number of nitrogens with two attached hydrogens (primary N) is 1. The second kappa shape index (κ2) is 9.27. The van der Waals surface area contributed by atoms with E-state index in [0.29, 0.717) is 32.4 Å². The fourth-order valence-corrected chi connectivity index (χ4v) is 2.43. The molecule has 0 aliphatic carbocycles. The fraction of sp³-hybridized carbons (Fsp3) is 0.438. The third-order valence-corrected chi connectivity index (χ3v) is 3.67. The zero-order chi connectivity index (χ0) is 15.9. The van der Waals surface area contributed by atoms with Crippen molar-refractivity contribution in [3.05, 3.63) is 35.9 Å². The highest BCUT2D eigenvalue weighted by Crippen LogP contribution is 2.13. The quantitative estimate of drug-likeness (QED) is 0.576. The molecule has 3 N–H and O–H groups in total. The number of hydrogen-bond donors (Lipinski definition) is 2. The highest BCUT2D eigenvalue weighted by Gasteiger charge is 2.27. The van der Waals surface area contributed by atoms with Crippen LogP contribution in [-0.2, 0) is 14.4 Å². The highest BCUT2D eigenvalue weighted by molar-refractivity contribution is 6.01. The van der Waals surface area contributed by atoms with Crippen LogP contribution in [0.3, 0.4) is 0 Å². The summed E-state index contributed by atoms with van der Waals surface area (Å²) < 4.78 is 0. The Labute approximate surface area is 141 Å². The second-order valence-corrected chi connectivity index (χ2v) is 5.36. The van der Waals surface area contributed by atoms with Gasteiger partial charge in [-0.1, -0.05) is 30.3 Å². The third-order valence-electron chi connectivity index (χ3n) is 3.67. The Morgan fingerprint density at radius 2 is 1.78 bits per heavy atom. The van der Waals surface area contributed by atoms with Crippen LogP contribution in [0.5, 0.6) is 0 Å². The molecule has 6 nitrogen and oxygen atoms in total. The van der Waals surface area contributed by atoms with Gasteiger partial charge in [0, 0.05) is 38.4 Å². The lowest BCUT2D eigenvalue weighted by Gasteiger charge is -2.14. The molecule has 1 heterocycles. The molecule has 126 valence electrons. The molecule has 0 aromatic heterocycles. The van der Waals surface area contributed by atoms with Gasteiger partial charge in [0.2, 0.25) is 17.7 Å². The van der Waals surface area contributed by atoms with Crippen LogP contribution >= 0.6 is 12.4 Å². The number of hydrogen-bond acceptors (Lipinski definition) is 4. The first-order chi connectivity index (χ1) is 10.6. The minimum Gasteiger partial charge on any atom is -0.356 e. The molecule has 1 aliphatic heterocycles. The maximum atomic E-state index is 11.8. The number of benzene rings is 1. The van der Waals surface area contributed by atoms with Crippen LogP contribution in [0.15, 0.2) is 30.3 Å². The number of carbonyl (C=O) groups is 3. The van der Waals surface area contributed by atoms with Gasteiger partial charge in [-0.2, -0.15) is 0 Å². The summed E-state index contributed by atoms with van der Waals surface area (Å²) in [6.45, 7) is 0.792. The zero-order valence-electron chi connectivity index (χ0n) is 12.9. The molecular weight excluding hydrogens is 318 g/mol. The number of nitrogens with zero attached hydrogens (tertiary/aromatic N) is 1. The summed E-state index contributed by atoms with van der Waals surface area (Å²) in [5.74, 6) is -0.375. The predicted octanol–water partition coefficient (Wildman–Crippen LogP) is 1.15. The summed E-state index contributed by atoms with van der Waals surface area (Å²) >= 11 is 0. The van der Waals surface area contributed by atoms with Crippen LogP contribution in [0.25, 0.3) is 0 Å². The summed E-state index contributed by atoms with van der Waals surface area (Å²) in [6.07, 6.45) is 1.38. The largest absolute Gasteiger partial charge is 0.356 e. The van der Waals surface area contributed by atoms with Gasteiger partial charge in [-0.05, 0) is 12.0 Å². The van der Waals surface area contributed by atoms with Crippen molar-refractivity contribution in [2.45, 2.75) is 31.7 Å². The summed E-state index contributed by atoms with van der Waals surface area (Å²) in [5.41, 5.74) is 6.90. The van der Waals surface area contributed by atoms with E-state index < -0.39 is 0 Å². The maximum absolute atomic E-state index is 11.8. The highest BCUT2D eigenvalue weighted by atomic mass is 35.5. The lowest BCUT2D eigenvalue weighted by Crippen LogP contribution is -2.33. The fourth-order valence-electron chi connectivity index (χ4n) is 2.43. The second-order valence-electron chi connectivity index (χ2n) is 5.36. The van der Waals surface area contributed by atoms with Crippen LogP contribution in [0.2, 0.25) is 0 Å². The summed E-state index contributed by atoms with van der Waals surface area (Å²) in [4.78, 5) is 35.9. The Bertz CT molecular complexity index is 535. The van der Waals surface area contributed by atoms with Gasteiger partial charge < -0.3 is 11.1 Å². The van der Waals surface area contributed by atoms with E-state index in [1.54, 1.807) is 0 Å². The van der Waals surface area contributed by atoms with Gasteiger partial charge in [0.15, 0.2) is 0 Å². The van der Waals surface area contributed by atoms with Crippen molar-refractivity contribution in [3.63, 3.8) is 0 Å². The van der Waals surface area contributed by atoms with E-state index in [4.69, 9.17) is 5.73 Å². The molecule has 0 saturated carbocycles. The van der Waals surface area contributed by atoms with E-state index in [-0.39, 0.29) is 42.6 Å². The van der Waals surface area contributed by atoms with Gasteiger partial charge in [-0.15, -0.1) is 12.4 Å². The number of nitrogens with one attached hydrogen (secondary N) is 1. The minimum atomic E-state index is -0.331. The van der Waals surface area contributed by atoms with Crippen LogP contribution in [0.1, 0.15) is 37.3 Å². The number of carbonyl (C=O) groups excluding carboxylic acids is 3. The van der Waals surface area contributed by atoms with Crippen molar-refractivity contribution >= 4 is 30.1 Å². The summed E-state index contributed by atoms with van der Waals surface area (Å²) in [5, 5.41) is 2.77. The van der Waals surface area contributed by atoms with E-state index in [1.807, 2.05) is 30.3 Å². The zero-order valence-corrected chi connectivity index (χ0v) is 13.7. The van der Waals surface area contributed by atoms with E-state index >= 15 is 0 Å². The standard InChI is InChI=1S/C16H21N3O3.ClH/c17-13(12-5-2-1-3-6-12)11-14(20)18-9-4-10-19-15(21)7-8-16(19)22;/h1-3,5-6,13H,4,7-11,17H2,(H,18,20);1H. The van der Waals surface area contributed by atoms with Crippen molar-refractivity contribution in [1.82, 2.24) is 10.2 Å². The van der Waals surface area contributed by atoms with Crippen molar-refractivity contribution < 1.29 is 14.4 Å². The summed E-state index contributed by atoms with van der Waals surface area (Å²) in [7, 11) is 0. The molecule has 1 fully saturated rings. The molecular formula is C16H22ClN3O3. The molecule has 1 unspecified atom stereocenters. The number of halogens is 1. The molecule has 3 amide bonds. The molecule has 23 heavy (non-hydrogen) atoms. The SMILES string of the molecule is Cl.NC(CC(=O)NCCCN1C(=O)CCC1=O)c1ccccc1. The van der Waals surface area contributed by atoms with Gasteiger partial charge >= 0.3 is 0 Å². The molecule has 1 aliphatic rings. The van der Waals surface area contributed by atoms with E-state index in [0.717, 1.165) is 5.56 Å². The average molecular weight is 340 g/mol. The molecule has 7 heteroatoms. The number of imide groups is 1. The van der Waals surface area contributed by atoms with Crippen molar-refractivity contribution in [3.8, 4) is 0 Å². The van der Waals surface area contributed by atoms with Gasteiger partial charge in [0.05, 0.1) is 0 Å². The smallest absolute Gasteiger partial charge is 0.229 e. The Morgan fingerprint density at radius 3 is 2.39 bits per heavy atom. The topological polar surface area (TPSA) is 92.5 Å². The van der Waals surface area contributed by atoms with Crippen LogP contribution in [0, 0.1) is 0 Å². The Balaban J connectivity index is 0.00000264.